The summed E-state index contributed by atoms with van der Waals surface area (Å²) in [6.07, 6.45) is 28.6. The van der Waals surface area contributed by atoms with E-state index in [2.05, 4.69) is 11.9 Å². The number of nitrogens with two attached hydrogens (primary N) is 1. The summed E-state index contributed by atoms with van der Waals surface area (Å²) >= 11 is 0. The zero-order chi connectivity index (χ0) is 22.6. The maximum Gasteiger partial charge on any atom is 0.356 e. The molecule has 5 heteroatoms. The van der Waals surface area contributed by atoms with E-state index in [0.29, 0.717) is 0 Å². The van der Waals surface area contributed by atoms with Gasteiger partial charge in [-0.2, -0.15) is 4.98 Å². The molecule has 0 spiro atoms. The van der Waals surface area contributed by atoms with Crippen LogP contribution >= 0.6 is 0 Å². The van der Waals surface area contributed by atoms with Crippen LogP contribution in [0.1, 0.15) is 127 Å². The zero-order valence-electron chi connectivity index (χ0n) is 19.8. The van der Waals surface area contributed by atoms with Gasteiger partial charge in [0.05, 0.1) is 0 Å². The van der Waals surface area contributed by atoms with Crippen LogP contribution in [0, 0.1) is 0 Å². The minimum Gasteiger partial charge on any atom is -0.383 e. The van der Waals surface area contributed by atoms with E-state index in [1.807, 2.05) is 6.08 Å². The van der Waals surface area contributed by atoms with Gasteiger partial charge in [-0.15, -0.1) is 0 Å². The van der Waals surface area contributed by atoms with Gasteiger partial charge in [-0.25, -0.2) is 9.36 Å². The van der Waals surface area contributed by atoms with Gasteiger partial charge in [0.25, 0.3) is 5.91 Å². The summed E-state index contributed by atoms with van der Waals surface area (Å²) in [5.41, 5.74) is 4.79. The maximum atomic E-state index is 12.0. The van der Waals surface area contributed by atoms with Crippen molar-refractivity contribution >= 4 is 11.7 Å². The largest absolute Gasteiger partial charge is 0.383 e. The summed E-state index contributed by atoms with van der Waals surface area (Å²) < 4.78 is 0.974. The molecule has 0 radical (unpaired) electrons. The molecule has 0 unspecified atom stereocenters. The average molecular weight is 432 g/mol. The second-order valence-electron chi connectivity index (χ2n) is 8.69. The number of allylic oxidation sites excluding steroid dienone is 2. The molecular formula is C26H45N3O2. The standard InChI is InChI=1S/C26H45N3O2/c1-2-3-4-5-6-7-8-9-10-11-12-13-14-15-16-17-18-19-20-21-25(30)29-23-22-24(27)28-26(29)31/h20-23H,2-19H2,1H3,(H2,27,28,31)/b21-20+. The number of hydrogen-bond acceptors (Lipinski definition) is 4. The van der Waals surface area contributed by atoms with E-state index < -0.39 is 5.69 Å². The molecule has 1 rings (SSSR count). The molecule has 0 fully saturated rings. The Labute approximate surface area is 189 Å². The molecule has 0 atom stereocenters. The minimum atomic E-state index is -0.632. The number of carbonyl (C=O) groups excluding carboxylic acids is 1. The number of unbranched alkanes of at least 4 members (excludes halogenated alkanes) is 17. The van der Waals surface area contributed by atoms with Crippen molar-refractivity contribution in [3.8, 4) is 0 Å². The molecule has 1 heterocycles. The van der Waals surface area contributed by atoms with Gasteiger partial charge in [-0.05, 0) is 25.0 Å². The molecule has 5 nitrogen and oxygen atoms in total. The Morgan fingerprint density at radius 2 is 1.29 bits per heavy atom. The van der Waals surface area contributed by atoms with E-state index in [1.54, 1.807) is 0 Å². The monoisotopic (exact) mass is 431 g/mol. The SMILES string of the molecule is CCCCCCCCCCCCCCCCCCC/C=C/C(=O)n1ccc(N)nc1=O. The van der Waals surface area contributed by atoms with Gasteiger partial charge in [-0.1, -0.05) is 116 Å². The highest BCUT2D eigenvalue weighted by molar-refractivity contribution is 5.89. The van der Waals surface area contributed by atoms with E-state index in [0.717, 1.165) is 17.4 Å². The first-order chi connectivity index (χ1) is 15.1. The van der Waals surface area contributed by atoms with Crippen molar-refractivity contribution in [2.24, 2.45) is 0 Å². The first-order valence-electron chi connectivity index (χ1n) is 12.7. The highest BCUT2D eigenvalue weighted by atomic mass is 16.2. The van der Waals surface area contributed by atoms with Crippen LogP contribution in [-0.4, -0.2) is 15.5 Å². The van der Waals surface area contributed by atoms with Gasteiger partial charge >= 0.3 is 5.69 Å². The molecule has 0 aliphatic heterocycles. The molecule has 0 saturated heterocycles. The summed E-state index contributed by atoms with van der Waals surface area (Å²) in [7, 11) is 0. The molecule has 0 aromatic carbocycles. The highest BCUT2D eigenvalue weighted by Crippen LogP contribution is 2.14. The van der Waals surface area contributed by atoms with Gasteiger partial charge in [0.2, 0.25) is 0 Å². The molecule has 0 saturated carbocycles. The van der Waals surface area contributed by atoms with E-state index in [1.165, 1.54) is 121 Å². The lowest BCUT2D eigenvalue weighted by Gasteiger charge is -2.03. The third-order valence-corrected chi connectivity index (χ3v) is 5.80. The van der Waals surface area contributed by atoms with E-state index in [9.17, 15) is 9.59 Å². The van der Waals surface area contributed by atoms with Crippen LogP contribution in [0.3, 0.4) is 0 Å². The van der Waals surface area contributed by atoms with Gasteiger partial charge in [0, 0.05) is 6.20 Å². The van der Waals surface area contributed by atoms with Crippen molar-refractivity contribution in [3.05, 3.63) is 34.9 Å². The number of carbonyl (C=O) groups is 1. The molecule has 1 aromatic heterocycles. The Bertz CT molecular complexity index is 667. The van der Waals surface area contributed by atoms with Crippen LogP contribution in [0.5, 0.6) is 0 Å². The predicted octanol–water partition coefficient (Wildman–Crippen LogP) is 7.06. The molecule has 0 aliphatic rings. The van der Waals surface area contributed by atoms with E-state index in [4.69, 9.17) is 5.73 Å². The van der Waals surface area contributed by atoms with Crippen LogP contribution in [0.2, 0.25) is 0 Å². The minimum absolute atomic E-state index is 0.126. The van der Waals surface area contributed by atoms with Gasteiger partial charge in [0.15, 0.2) is 0 Å². The maximum absolute atomic E-state index is 12.0. The molecule has 0 bridgehead atoms. The predicted molar refractivity (Wildman–Crippen MR) is 131 cm³/mol. The normalized spacial score (nSPS) is 11.4. The van der Waals surface area contributed by atoms with Gasteiger partial charge in [-0.3, -0.25) is 4.79 Å². The second kappa shape index (κ2) is 18.8. The molecule has 1 aromatic rings. The van der Waals surface area contributed by atoms with Crippen LogP contribution in [-0.2, 0) is 0 Å². The first-order valence-corrected chi connectivity index (χ1v) is 12.7. The summed E-state index contributed by atoms with van der Waals surface area (Å²) in [6, 6.07) is 1.45. The Hall–Kier alpha value is -1.91. The van der Waals surface area contributed by atoms with E-state index >= 15 is 0 Å². The van der Waals surface area contributed by atoms with Crippen molar-refractivity contribution in [1.82, 2.24) is 9.55 Å². The third kappa shape index (κ3) is 14.7. The van der Waals surface area contributed by atoms with Crippen molar-refractivity contribution in [2.45, 2.75) is 122 Å². The lowest BCUT2D eigenvalue weighted by atomic mass is 10.0. The van der Waals surface area contributed by atoms with Gasteiger partial charge < -0.3 is 5.73 Å². The number of nitrogen functional groups attached to an aromatic ring is 1. The van der Waals surface area contributed by atoms with Crippen LogP contribution in [0.25, 0.3) is 0 Å². The van der Waals surface area contributed by atoms with Crippen molar-refractivity contribution in [1.29, 1.82) is 0 Å². The summed E-state index contributed by atoms with van der Waals surface area (Å²) in [6.45, 7) is 2.28. The Balaban J connectivity index is 1.86. The Morgan fingerprint density at radius 1 is 0.839 bits per heavy atom. The number of hydrogen-bond donors (Lipinski definition) is 1. The molecular weight excluding hydrogens is 386 g/mol. The van der Waals surface area contributed by atoms with Crippen molar-refractivity contribution in [2.75, 3.05) is 5.73 Å². The topological polar surface area (TPSA) is 78.0 Å². The number of rotatable bonds is 19. The highest BCUT2D eigenvalue weighted by Gasteiger charge is 2.03. The first kappa shape index (κ1) is 27.1. The van der Waals surface area contributed by atoms with Crippen molar-refractivity contribution in [3.63, 3.8) is 0 Å². The van der Waals surface area contributed by atoms with Crippen LogP contribution in [0.15, 0.2) is 29.2 Å². The Morgan fingerprint density at radius 3 is 1.74 bits per heavy atom. The molecule has 2 N–H and O–H groups in total. The zero-order valence-corrected chi connectivity index (χ0v) is 19.8. The lowest BCUT2D eigenvalue weighted by Crippen LogP contribution is -2.27. The molecule has 176 valence electrons. The fourth-order valence-electron chi connectivity index (χ4n) is 3.84. The fourth-order valence-corrected chi connectivity index (χ4v) is 3.84. The van der Waals surface area contributed by atoms with Gasteiger partial charge in [0.1, 0.15) is 5.82 Å². The average Bonchev–Trinajstić information content (AvgIpc) is 2.75. The molecule has 0 amide bonds. The van der Waals surface area contributed by atoms with Crippen LogP contribution in [0.4, 0.5) is 5.82 Å². The number of anilines is 1. The fraction of sp³-hybridized carbons (Fsp3) is 0.731. The summed E-state index contributed by atoms with van der Waals surface area (Å²) in [5.74, 6) is -0.244. The van der Waals surface area contributed by atoms with Crippen LogP contribution < -0.4 is 11.4 Å². The summed E-state index contributed by atoms with van der Waals surface area (Å²) in [4.78, 5) is 27.1. The van der Waals surface area contributed by atoms with E-state index in [-0.39, 0.29) is 11.7 Å². The number of aromatic nitrogens is 2. The summed E-state index contributed by atoms with van der Waals surface area (Å²) in [5, 5.41) is 0. The quantitative estimate of drug-likeness (QED) is 0.188. The Kier molecular flexibility index (Phi) is 16.5. The number of nitrogens with zero attached hydrogens (tertiary/aromatic N) is 2. The van der Waals surface area contributed by atoms with Crippen molar-refractivity contribution < 1.29 is 4.79 Å². The second-order valence-corrected chi connectivity index (χ2v) is 8.69. The third-order valence-electron chi connectivity index (χ3n) is 5.80. The lowest BCUT2D eigenvalue weighted by molar-refractivity contribution is 0.0963. The molecule has 0 aliphatic carbocycles. The molecule has 31 heavy (non-hydrogen) atoms. The smallest absolute Gasteiger partial charge is 0.356 e.